The number of rotatable bonds is 2. The number of nitrogens with zero attached hydrogens (tertiary/aromatic N) is 4. The normalized spacial score (nSPS) is 34.9. The van der Waals surface area contributed by atoms with Crippen LogP contribution < -0.4 is 9.91 Å². The predicted molar refractivity (Wildman–Crippen MR) is 76.5 cm³/mol. The summed E-state index contributed by atoms with van der Waals surface area (Å²) in [5.74, 6) is 1.60. The van der Waals surface area contributed by atoms with Gasteiger partial charge in [-0.15, -0.1) is 0 Å². The summed E-state index contributed by atoms with van der Waals surface area (Å²) in [4.78, 5) is 2.12. The van der Waals surface area contributed by atoms with Gasteiger partial charge in [-0.05, 0) is 55.4 Å². The Hall–Kier alpha value is -1.58. The zero-order chi connectivity index (χ0) is 13.0. The van der Waals surface area contributed by atoms with Crippen LogP contribution in [0.3, 0.4) is 0 Å². The fourth-order valence-corrected chi connectivity index (χ4v) is 4.04. The van der Waals surface area contributed by atoms with Gasteiger partial charge in [0.25, 0.3) is 0 Å². The molecule has 0 amide bonds. The summed E-state index contributed by atoms with van der Waals surface area (Å²) in [6.07, 6.45) is 4.09. The summed E-state index contributed by atoms with van der Waals surface area (Å²) < 4.78 is 0. The molecule has 0 spiro atoms. The lowest BCUT2D eigenvalue weighted by Gasteiger charge is -2.29. The van der Waals surface area contributed by atoms with Crippen LogP contribution in [0.2, 0.25) is 0 Å². The van der Waals surface area contributed by atoms with Crippen LogP contribution in [0.5, 0.6) is 0 Å². The van der Waals surface area contributed by atoms with Gasteiger partial charge in [-0.1, -0.05) is 5.22 Å². The quantitative estimate of drug-likeness (QED) is 0.814. The van der Waals surface area contributed by atoms with Gasteiger partial charge in [-0.2, -0.15) is 5.11 Å². The fraction of sp³-hybridized carbons (Fsp3) is 0.600. The van der Waals surface area contributed by atoms with E-state index in [1.807, 2.05) is 0 Å². The van der Waals surface area contributed by atoms with Gasteiger partial charge >= 0.3 is 0 Å². The molecule has 0 radical (unpaired) electrons. The van der Waals surface area contributed by atoms with Gasteiger partial charge in [0, 0.05) is 19.8 Å². The second-order valence-electron chi connectivity index (χ2n) is 6.27. The van der Waals surface area contributed by atoms with Gasteiger partial charge in [0.15, 0.2) is 0 Å². The van der Waals surface area contributed by atoms with Gasteiger partial charge < -0.3 is 4.90 Å². The van der Waals surface area contributed by atoms with E-state index < -0.39 is 0 Å². The lowest BCUT2D eigenvalue weighted by atomic mass is 9.91. The highest BCUT2D eigenvalue weighted by molar-refractivity contribution is 5.56. The van der Waals surface area contributed by atoms with E-state index in [-0.39, 0.29) is 0 Å². The van der Waals surface area contributed by atoms with Crippen LogP contribution in [-0.4, -0.2) is 26.2 Å². The molecule has 2 saturated carbocycles. The summed E-state index contributed by atoms with van der Waals surface area (Å²) in [6, 6.07) is 9.65. The minimum atomic E-state index is 0.465. The van der Waals surface area contributed by atoms with Crippen molar-refractivity contribution in [1.82, 2.24) is 0 Å². The summed E-state index contributed by atoms with van der Waals surface area (Å²) in [5, 5.41) is 11.2. The molecule has 100 valence electrons. The fourth-order valence-electron chi connectivity index (χ4n) is 4.04. The van der Waals surface area contributed by atoms with Crippen molar-refractivity contribution in [3.05, 3.63) is 24.3 Å². The molecule has 4 nitrogen and oxygen atoms in total. The Bertz CT molecular complexity index is 507. The van der Waals surface area contributed by atoms with Crippen LogP contribution >= 0.6 is 0 Å². The maximum absolute atomic E-state index is 4.54. The monoisotopic (exact) mass is 256 g/mol. The molecule has 19 heavy (non-hydrogen) atoms. The van der Waals surface area contributed by atoms with E-state index in [0.29, 0.717) is 12.1 Å². The van der Waals surface area contributed by atoms with E-state index in [1.165, 1.54) is 30.6 Å². The molecule has 0 unspecified atom stereocenters. The van der Waals surface area contributed by atoms with Crippen molar-refractivity contribution in [3.8, 4) is 0 Å². The summed E-state index contributed by atoms with van der Waals surface area (Å²) in [6.45, 7) is 0. The Balaban J connectivity index is 1.61. The molecule has 0 saturated heterocycles. The maximum atomic E-state index is 4.54. The Labute approximate surface area is 114 Å². The number of hydrogen-bond donors (Lipinski definition) is 0. The first kappa shape index (κ1) is 11.3. The van der Waals surface area contributed by atoms with E-state index in [1.54, 1.807) is 0 Å². The molecule has 2 fully saturated rings. The smallest absolute Gasteiger partial charge is 0.0985 e. The average Bonchev–Trinajstić information content (AvgIpc) is 3.11. The molecule has 3 aliphatic rings. The molecule has 4 rings (SSSR count). The number of anilines is 2. The summed E-state index contributed by atoms with van der Waals surface area (Å²) in [5.41, 5.74) is 2.42. The second-order valence-corrected chi connectivity index (χ2v) is 6.27. The van der Waals surface area contributed by atoms with Crippen LogP contribution in [0, 0.1) is 11.8 Å². The highest BCUT2D eigenvalue weighted by atomic mass is 15.6. The van der Waals surface area contributed by atoms with Gasteiger partial charge in [0.2, 0.25) is 0 Å². The minimum Gasteiger partial charge on any atom is -0.378 e. The zero-order valence-electron chi connectivity index (χ0n) is 11.5. The molecule has 0 N–H and O–H groups in total. The third-order valence-electron chi connectivity index (χ3n) is 5.02. The molecule has 1 aromatic carbocycles. The molecule has 1 aliphatic heterocycles. The number of benzene rings is 1. The van der Waals surface area contributed by atoms with Crippen molar-refractivity contribution >= 4 is 11.4 Å². The Morgan fingerprint density at radius 3 is 2.58 bits per heavy atom. The second kappa shape index (κ2) is 3.95. The predicted octanol–water partition coefficient (Wildman–Crippen LogP) is 3.11. The third kappa shape index (κ3) is 1.58. The van der Waals surface area contributed by atoms with Crippen molar-refractivity contribution in [2.45, 2.75) is 31.3 Å². The van der Waals surface area contributed by atoms with Crippen molar-refractivity contribution in [3.63, 3.8) is 0 Å². The van der Waals surface area contributed by atoms with Crippen molar-refractivity contribution in [2.75, 3.05) is 24.0 Å². The standard InChI is InChI=1S/C15H20N4/c1-18(2)12-5-7-13(8-6-12)19-15-11-4-3-10(9-11)14(15)16-17-19/h5-8,10-11,14-15H,3-4,9H2,1-2H3/t10-,11+,14+,15-/m0/s1. The largest absolute Gasteiger partial charge is 0.378 e. The average molecular weight is 256 g/mol. The molecular formula is C15H20N4. The van der Waals surface area contributed by atoms with E-state index in [4.69, 9.17) is 0 Å². The first-order chi connectivity index (χ1) is 9.24. The molecule has 0 aromatic heterocycles. The van der Waals surface area contributed by atoms with Crippen molar-refractivity contribution in [2.24, 2.45) is 22.2 Å². The lowest BCUT2D eigenvalue weighted by molar-refractivity contribution is 0.383. The van der Waals surface area contributed by atoms with E-state index in [0.717, 1.165) is 11.8 Å². The van der Waals surface area contributed by atoms with Gasteiger partial charge in [0.05, 0.1) is 17.8 Å². The minimum absolute atomic E-state index is 0.465. The topological polar surface area (TPSA) is 31.2 Å². The van der Waals surface area contributed by atoms with Gasteiger partial charge in [0.1, 0.15) is 0 Å². The molecular weight excluding hydrogens is 236 g/mol. The number of hydrogen-bond acceptors (Lipinski definition) is 4. The third-order valence-corrected chi connectivity index (χ3v) is 5.02. The Morgan fingerprint density at radius 1 is 1.11 bits per heavy atom. The van der Waals surface area contributed by atoms with Gasteiger partial charge in [-0.3, -0.25) is 0 Å². The maximum Gasteiger partial charge on any atom is 0.0985 e. The Kier molecular flexibility index (Phi) is 2.34. The highest BCUT2D eigenvalue weighted by Gasteiger charge is 2.53. The molecule has 2 aliphatic carbocycles. The highest BCUT2D eigenvalue weighted by Crippen LogP contribution is 2.51. The summed E-state index contributed by atoms with van der Waals surface area (Å²) >= 11 is 0. The first-order valence-corrected chi connectivity index (χ1v) is 7.21. The van der Waals surface area contributed by atoms with E-state index in [2.05, 4.69) is 58.6 Å². The van der Waals surface area contributed by atoms with E-state index in [9.17, 15) is 0 Å². The molecule has 4 atom stereocenters. The van der Waals surface area contributed by atoms with Crippen LogP contribution in [0.4, 0.5) is 11.4 Å². The van der Waals surface area contributed by atoms with Crippen LogP contribution in [0.15, 0.2) is 34.6 Å². The zero-order valence-corrected chi connectivity index (χ0v) is 11.5. The van der Waals surface area contributed by atoms with Crippen LogP contribution in [0.25, 0.3) is 0 Å². The molecule has 2 bridgehead atoms. The Morgan fingerprint density at radius 2 is 1.84 bits per heavy atom. The summed E-state index contributed by atoms with van der Waals surface area (Å²) in [7, 11) is 4.13. The SMILES string of the molecule is CN(C)c1ccc(N2N=N[C@@H]3[C@H]4CC[C@H](C4)[C@@H]32)cc1. The molecule has 4 heteroatoms. The van der Waals surface area contributed by atoms with Gasteiger partial charge in [-0.25, -0.2) is 5.01 Å². The first-order valence-electron chi connectivity index (χ1n) is 7.21. The van der Waals surface area contributed by atoms with Crippen molar-refractivity contribution < 1.29 is 0 Å². The van der Waals surface area contributed by atoms with Crippen molar-refractivity contribution in [1.29, 1.82) is 0 Å². The number of fused-ring (bicyclic) bond motifs is 5. The molecule has 1 aromatic rings. The van der Waals surface area contributed by atoms with Crippen LogP contribution in [-0.2, 0) is 0 Å². The van der Waals surface area contributed by atoms with E-state index >= 15 is 0 Å². The van der Waals surface area contributed by atoms with Crippen LogP contribution in [0.1, 0.15) is 19.3 Å². The lowest BCUT2D eigenvalue weighted by Crippen LogP contribution is -2.39. The molecule has 1 heterocycles.